The van der Waals surface area contributed by atoms with Crippen molar-refractivity contribution in [3.8, 4) is 11.5 Å². The number of carbonyl (C=O) groups is 2. The standard InChI is InChI=1S/C18H19ClN2O4/c1-13-5-4-6-14(11-13)24-10-9-17(22)20-21-18(23)12-25-16-8-3-2-7-15(16)19/h2-8,11H,9-10,12H2,1H3,(H,20,22)(H,21,23). The molecule has 2 aromatic carbocycles. The number of carbonyl (C=O) groups excluding carboxylic acids is 2. The number of nitrogens with one attached hydrogen (secondary N) is 2. The summed E-state index contributed by atoms with van der Waals surface area (Å²) in [5, 5.41) is 0.410. The number of ether oxygens (including phenoxy) is 2. The minimum absolute atomic E-state index is 0.111. The Morgan fingerprint density at radius 3 is 2.52 bits per heavy atom. The van der Waals surface area contributed by atoms with Crippen molar-refractivity contribution in [2.24, 2.45) is 0 Å². The Bertz CT molecular complexity index is 737. The van der Waals surface area contributed by atoms with Gasteiger partial charge >= 0.3 is 0 Å². The Kier molecular flexibility index (Phi) is 7.10. The van der Waals surface area contributed by atoms with Crippen LogP contribution in [-0.4, -0.2) is 25.0 Å². The van der Waals surface area contributed by atoms with Gasteiger partial charge in [-0.05, 0) is 36.8 Å². The van der Waals surface area contributed by atoms with Crippen molar-refractivity contribution >= 4 is 23.4 Å². The van der Waals surface area contributed by atoms with Crippen LogP contribution in [0.5, 0.6) is 11.5 Å². The van der Waals surface area contributed by atoms with Gasteiger partial charge in [0.1, 0.15) is 11.5 Å². The second kappa shape index (κ2) is 9.54. The Hall–Kier alpha value is -2.73. The van der Waals surface area contributed by atoms with E-state index >= 15 is 0 Å². The highest BCUT2D eigenvalue weighted by Gasteiger charge is 2.07. The van der Waals surface area contributed by atoms with E-state index in [2.05, 4.69) is 10.9 Å². The van der Waals surface area contributed by atoms with Crippen LogP contribution in [0.15, 0.2) is 48.5 Å². The zero-order valence-corrected chi connectivity index (χ0v) is 14.5. The molecule has 2 amide bonds. The summed E-state index contributed by atoms with van der Waals surface area (Å²) >= 11 is 5.91. The van der Waals surface area contributed by atoms with Crippen LogP contribution in [-0.2, 0) is 9.59 Å². The molecule has 0 spiro atoms. The summed E-state index contributed by atoms with van der Waals surface area (Å²) in [4.78, 5) is 23.3. The first-order chi connectivity index (χ1) is 12.0. The zero-order valence-electron chi connectivity index (χ0n) is 13.8. The third kappa shape index (κ3) is 6.73. The van der Waals surface area contributed by atoms with Gasteiger partial charge in [0.2, 0.25) is 5.91 Å². The van der Waals surface area contributed by atoms with Crippen molar-refractivity contribution in [3.05, 3.63) is 59.1 Å². The minimum atomic E-state index is -0.493. The predicted octanol–water partition coefficient (Wildman–Crippen LogP) is 2.64. The van der Waals surface area contributed by atoms with E-state index in [0.717, 1.165) is 5.56 Å². The van der Waals surface area contributed by atoms with Crippen LogP contribution in [0.25, 0.3) is 0 Å². The Balaban J connectivity index is 1.62. The van der Waals surface area contributed by atoms with Crippen molar-refractivity contribution < 1.29 is 19.1 Å². The molecule has 0 atom stereocenters. The van der Waals surface area contributed by atoms with E-state index in [1.165, 1.54) is 0 Å². The Morgan fingerprint density at radius 1 is 1.00 bits per heavy atom. The number of hydrogen-bond acceptors (Lipinski definition) is 4. The molecule has 0 saturated carbocycles. The summed E-state index contributed by atoms with van der Waals surface area (Å²) < 4.78 is 10.7. The molecule has 132 valence electrons. The lowest BCUT2D eigenvalue weighted by molar-refractivity contribution is -0.130. The number of benzene rings is 2. The first-order valence-electron chi connectivity index (χ1n) is 7.69. The zero-order chi connectivity index (χ0) is 18.1. The Labute approximate surface area is 151 Å². The fraction of sp³-hybridized carbons (Fsp3) is 0.222. The molecule has 0 radical (unpaired) electrons. The molecule has 2 aromatic rings. The highest BCUT2D eigenvalue weighted by molar-refractivity contribution is 6.32. The molecular formula is C18H19ClN2O4. The van der Waals surface area contributed by atoms with Gasteiger partial charge in [-0.3, -0.25) is 20.4 Å². The normalized spacial score (nSPS) is 10.0. The van der Waals surface area contributed by atoms with Gasteiger partial charge in [0, 0.05) is 0 Å². The predicted molar refractivity (Wildman–Crippen MR) is 94.5 cm³/mol. The van der Waals surface area contributed by atoms with Gasteiger partial charge in [-0.1, -0.05) is 35.9 Å². The number of rotatable bonds is 7. The molecule has 6 nitrogen and oxygen atoms in total. The van der Waals surface area contributed by atoms with Crippen LogP contribution in [0.2, 0.25) is 5.02 Å². The molecule has 0 aliphatic carbocycles. The van der Waals surface area contributed by atoms with Gasteiger partial charge in [-0.15, -0.1) is 0 Å². The lowest BCUT2D eigenvalue weighted by atomic mass is 10.2. The Morgan fingerprint density at radius 2 is 1.76 bits per heavy atom. The maximum Gasteiger partial charge on any atom is 0.276 e. The lowest BCUT2D eigenvalue weighted by Gasteiger charge is -2.10. The van der Waals surface area contributed by atoms with E-state index in [0.29, 0.717) is 16.5 Å². The van der Waals surface area contributed by atoms with Gasteiger partial charge in [-0.2, -0.15) is 0 Å². The number of hydrazine groups is 1. The van der Waals surface area contributed by atoms with E-state index < -0.39 is 5.91 Å². The van der Waals surface area contributed by atoms with E-state index in [1.54, 1.807) is 24.3 Å². The smallest absolute Gasteiger partial charge is 0.276 e. The van der Waals surface area contributed by atoms with Crippen LogP contribution < -0.4 is 20.3 Å². The molecule has 0 unspecified atom stereocenters. The first-order valence-corrected chi connectivity index (χ1v) is 8.07. The number of para-hydroxylation sites is 1. The van der Waals surface area contributed by atoms with Crippen LogP contribution in [0, 0.1) is 6.92 Å². The van der Waals surface area contributed by atoms with Gasteiger partial charge in [0.25, 0.3) is 5.91 Å². The average Bonchev–Trinajstić information content (AvgIpc) is 2.59. The summed E-state index contributed by atoms with van der Waals surface area (Å²) in [5.74, 6) is 0.244. The second-order valence-corrected chi connectivity index (χ2v) is 5.64. The van der Waals surface area contributed by atoms with Gasteiger partial charge in [0.15, 0.2) is 6.61 Å². The van der Waals surface area contributed by atoms with Crippen molar-refractivity contribution in [1.82, 2.24) is 10.9 Å². The monoisotopic (exact) mass is 362 g/mol. The summed E-state index contributed by atoms with van der Waals surface area (Å²) in [6, 6.07) is 14.3. The molecule has 0 aliphatic rings. The maximum absolute atomic E-state index is 11.7. The van der Waals surface area contributed by atoms with Gasteiger partial charge in [0.05, 0.1) is 18.1 Å². The van der Waals surface area contributed by atoms with E-state index in [1.807, 2.05) is 31.2 Å². The molecule has 0 aliphatic heterocycles. The molecule has 0 heterocycles. The SMILES string of the molecule is Cc1cccc(OCCC(=O)NNC(=O)COc2ccccc2Cl)c1. The van der Waals surface area contributed by atoms with Crippen LogP contribution in [0.1, 0.15) is 12.0 Å². The molecule has 0 fully saturated rings. The van der Waals surface area contributed by atoms with Gasteiger partial charge in [-0.25, -0.2) is 0 Å². The molecular weight excluding hydrogens is 344 g/mol. The van der Waals surface area contributed by atoms with Crippen LogP contribution >= 0.6 is 11.6 Å². The summed E-state index contributed by atoms with van der Waals surface area (Å²) in [7, 11) is 0. The molecule has 0 bridgehead atoms. The topological polar surface area (TPSA) is 76.7 Å². The van der Waals surface area contributed by atoms with Crippen molar-refractivity contribution in [3.63, 3.8) is 0 Å². The number of hydrogen-bond donors (Lipinski definition) is 2. The first kappa shape index (κ1) is 18.6. The highest BCUT2D eigenvalue weighted by atomic mass is 35.5. The van der Waals surface area contributed by atoms with Crippen molar-refractivity contribution in [2.45, 2.75) is 13.3 Å². The molecule has 0 aromatic heterocycles. The van der Waals surface area contributed by atoms with E-state index in [4.69, 9.17) is 21.1 Å². The van der Waals surface area contributed by atoms with E-state index in [9.17, 15) is 9.59 Å². The molecule has 2 rings (SSSR count). The number of amides is 2. The summed E-state index contributed by atoms with van der Waals surface area (Å²) in [6.45, 7) is 1.91. The molecule has 2 N–H and O–H groups in total. The number of aryl methyl sites for hydroxylation is 1. The fourth-order valence-electron chi connectivity index (χ4n) is 1.91. The van der Waals surface area contributed by atoms with Crippen LogP contribution in [0.4, 0.5) is 0 Å². The van der Waals surface area contributed by atoms with E-state index in [-0.39, 0.29) is 25.5 Å². The molecule has 7 heteroatoms. The third-order valence-electron chi connectivity index (χ3n) is 3.12. The maximum atomic E-state index is 11.7. The van der Waals surface area contributed by atoms with Gasteiger partial charge < -0.3 is 9.47 Å². The lowest BCUT2D eigenvalue weighted by Crippen LogP contribution is -2.44. The third-order valence-corrected chi connectivity index (χ3v) is 3.44. The number of halogens is 1. The van der Waals surface area contributed by atoms with Crippen LogP contribution in [0.3, 0.4) is 0 Å². The average molecular weight is 363 g/mol. The largest absolute Gasteiger partial charge is 0.493 e. The summed E-state index contributed by atoms with van der Waals surface area (Å²) in [6.07, 6.45) is 0.111. The quantitative estimate of drug-likeness (QED) is 0.742. The molecule has 0 saturated heterocycles. The minimum Gasteiger partial charge on any atom is -0.493 e. The fourth-order valence-corrected chi connectivity index (χ4v) is 2.10. The summed E-state index contributed by atoms with van der Waals surface area (Å²) in [5.41, 5.74) is 5.64. The highest BCUT2D eigenvalue weighted by Crippen LogP contribution is 2.22. The molecule has 25 heavy (non-hydrogen) atoms. The second-order valence-electron chi connectivity index (χ2n) is 5.23. The van der Waals surface area contributed by atoms with Crippen molar-refractivity contribution in [2.75, 3.05) is 13.2 Å². The van der Waals surface area contributed by atoms with Crippen molar-refractivity contribution in [1.29, 1.82) is 0 Å².